The number of ether oxygens (including phenoxy) is 1. The lowest BCUT2D eigenvalue weighted by atomic mass is 10.2. The summed E-state index contributed by atoms with van der Waals surface area (Å²) < 4.78 is 33.0. The summed E-state index contributed by atoms with van der Waals surface area (Å²) in [5.41, 5.74) is 1.35. The van der Waals surface area contributed by atoms with Crippen molar-refractivity contribution in [3.05, 3.63) is 60.2 Å². The van der Waals surface area contributed by atoms with Crippen molar-refractivity contribution in [1.82, 2.24) is 10.0 Å². The first-order valence-corrected chi connectivity index (χ1v) is 11.3. The zero-order valence-electron chi connectivity index (χ0n) is 16.3. The molecular weight excluding hydrogens is 390 g/mol. The van der Waals surface area contributed by atoms with E-state index in [4.69, 9.17) is 4.74 Å². The molecule has 1 saturated heterocycles. The molecule has 1 heterocycles. The van der Waals surface area contributed by atoms with E-state index in [1.54, 1.807) is 12.1 Å². The zero-order chi connectivity index (χ0) is 20.5. The fourth-order valence-corrected chi connectivity index (χ4v) is 4.19. The number of carbonyl (C=O) groups excluding carboxylic acids is 1. The van der Waals surface area contributed by atoms with Crippen LogP contribution in [0.4, 0.5) is 5.69 Å². The second kappa shape index (κ2) is 10.4. The summed E-state index contributed by atoms with van der Waals surface area (Å²) in [6.07, 6.45) is 2.47. The number of amides is 1. The van der Waals surface area contributed by atoms with Gasteiger partial charge in [0.2, 0.25) is 10.0 Å². The number of para-hydroxylation sites is 1. The summed E-state index contributed by atoms with van der Waals surface area (Å²) in [6.45, 7) is 2.13. The second-order valence-corrected chi connectivity index (χ2v) is 8.68. The summed E-state index contributed by atoms with van der Waals surface area (Å²) in [6, 6.07) is 15.9. The topological polar surface area (TPSA) is 96.5 Å². The molecule has 0 saturated carbocycles. The maximum absolute atomic E-state index is 12.5. The Labute approximate surface area is 171 Å². The van der Waals surface area contributed by atoms with Gasteiger partial charge in [-0.3, -0.25) is 4.79 Å². The van der Waals surface area contributed by atoms with Gasteiger partial charge >= 0.3 is 0 Å². The predicted molar refractivity (Wildman–Crippen MR) is 112 cm³/mol. The fraction of sp³-hybridized carbons (Fsp3) is 0.381. The van der Waals surface area contributed by atoms with Crippen molar-refractivity contribution in [2.45, 2.75) is 30.3 Å². The average molecular weight is 418 g/mol. The van der Waals surface area contributed by atoms with Crippen molar-refractivity contribution in [3.8, 4) is 0 Å². The highest BCUT2D eigenvalue weighted by atomic mass is 32.2. The minimum atomic E-state index is -3.68. The molecule has 2 aromatic rings. The monoisotopic (exact) mass is 417 g/mol. The molecule has 7 nitrogen and oxygen atoms in total. The molecule has 0 radical (unpaired) electrons. The van der Waals surface area contributed by atoms with E-state index < -0.39 is 10.0 Å². The van der Waals surface area contributed by atoms with Gasteiger partial charge in [0.1, 0.15) is 0 Å². The van der Waals surface area contributed by atoms with E-state index in [-0.39, 0.29) is 23.5 Å². The second-order valence-electron chi connectivity index (χ2n) is 6.92. The van der Waals surface area contributed by atoms with Crippen LogP contribution in [0.2, 0.25) is 0 Å². The van der Waals surface area contributed by atoms with Crippen molar-refractivity contribution in [2.24, 2.45) is 0 Å². The summed E-state index contributed by atoms with van der Waals surface area (Å²) in [5.74, 6) is -0.291. The van der Waals surface area contributed by atoms with Gasteiger partial charge in [0.05, 0.1) is 11.0 Å². The van der Waals surface area contributed by atoms with Crippen LogP contribution in [0.5, 0.6) is 0 Å². The molecule has 0 aliphatic carbocycles. The third-order valence-electron chi connectivity index (χ3n) is 4.67. The Morgan fingerprint density at radius 1 is 1.07 bits per heavy atom. The normalized spacial score (nSPS) is 16.5. The first-order chi connectivity index (χ1) is 14.0. The van der Waals surface area contributed by atoms with E-state index in [0.29, 0.717) is 18.7 Å². The van der Waals surface area contributed by atoms with Gasteiger partial charge < -0.3 is 15.4 Å². The van der Waals surface area contributed by atoms with Gasteiger partial charge in [0.25, 0.3) is 5.91 Å². The minimum absolute atomic E-state index is 0.0777. The third-order valence-corrected chi connectivity index (χ3v) is 6.09. The maximum Gasteiger partial charge on any atom is 0.251 e. The molecule has 1 fully saturated rings. The molecule has 29 heavy (non-hydrogen) atoms. The minimum Gasteiger partial charge on any atom is -0.385 e. The van der Waals surface area contributed by atoms with Gasteiger partial charge in [-0.2, -0.15) is 0 Å². The van der Waals surface area contributed by atoms with Gasteiger partial charge in [0, 0.05) is 37.5 Å². The Bertz CT molecular complexity index is 897. The molecular formula is C21H27N3O4S. The van der Waals surface area contributed by atoms with Crippen LogP contribution in [-0.2, 0) is 14.8 Å². The van der Waals surface area contributed by atoms with Crippen molar-refractivity contribution in [2.75, 3.05) is 31.6 Å². The number of hydrogen-bond donors (Lipinski definition) is 3. The molecule has 0 bridgehead atoms. The average Bonchev–Trinajstić information content (AvgIpc) is 3.27. The molecule has 156 valence electrons. The van der Waals surface area contributed by atoms with Crippen LogP contribution in [0.25, 0.3) is 0 Å². The van der Waals surface area contributed by atoms with Crippen LogP contribution < -0.4 is 15.4 Å². The smallest absolute Gasteiger partial charge is 0.251 e. The number of hydrogen-bond acceptors (Lipinski definition) is 5. The maximum atomic E-state index is 12.5. The Morgan fingerprint density at radius 3 is 2.66 bits per heavy atom. The molecule has 2 aromatic carbocycles. The van der Waals surface area contributed by atoms with Crippen LogP contribution >= 0.6 is 0 Å². The first kappa shape index (κ1) is 21.3. The van der Waals surface area contributed by atoms with Crippen molar-refractivity contribution in [1.29, 1.82) is 0 Å². The number of benzene rings is 2. The summed E-state index contributed by atoms with van der Waals surface area (Å²) in [4.78, 5) is 12.4. The Hall–Kier alpha value is -2.42. The van der Waals surface area contributed by atoms with Gasteiger partial charge in [-0.1, -0.05) is 24.3 Å². The SMILES string of the molecule is O=C(NCCCNc1ccccc1)c1cccc(S(=O)(=O)NCC2CCCO2)c1. The molecule has 1 aliphatic rings. The number of carbonyl (C=O) groups is 1. The van der Waals surface area contributed by atoms with Crippen LogP contribution in [0.3, 0.4) is 0 Å². The van der Waals surface area contributed by atoms with Crippen LogP contribution in [0.15, 0.2) is 59.5 Å². The number of rotatable bonds is 10. The Morgan fingerprint density at radius 2 is 1.90 bits per heavy atom. The van der Waals surface area contributed by atoms with Crippen molar-refractivity contribution >= 4 is 21.6 Å². The van der Waals surface area contributed by atoms with Gasteiger partial charge in [-0.15, -0.1) is 0 Å². The van der Waals surface area contributed by atoms with Crippen molar-refractivity contribution in [3.63, 3.8) is 0 Å². The molecule has 8 heteroatoms. The number of nitrogens with one attached hydrogen (secondary N) is 3. The summed E-state index contributed by atoms with van der Waals surface area (Å²) in [7, 11) is -3.68. The van der Waals surface area contributed by atoms with Crippen LogP contribution in [0, 0.1) is 0 Å². The van der Waals surface area contributed by atoms with E-state index in [1.807, 2.05) is 30.3 Å². The van der Waals surface area contributed by atoms with E-state index in [9.17, 15) is 13.2 Å². The molecule has 1 unspecified atom stereocenters. The standard InChI is InChI=1S/C21H27N3O4S/c25-21(23-13-6-12-22-18-8-2-1-3-9-18)17-7-4-11-20(15-17)29(26,27)24-16-19-10-5-14-28-19/h1-4,7-9,11,15,19,22,24H,5-6,10,12-14,16H2,(H,23,25). The lowest BCUT2D eigenvalue weighted by Crippen LogP contribution is -2.32. The number of sulfonamides is 1. The summed E-state index contributed by atoms with van der Waals surface area (Å²) >= 11 is 0. The zero-order valence-corrected chi connectivity index (χ0v) is 17.1. The lowest BCUT2D eigenvalue weighted by molar-refractivity contribution is 0.0953. The molecule has 3 rings (SSSR count). The number of anilines is 1. The van der Waals surface area contributed by atoms with E-state index in [1.165, 1.54) is 12.1 Å². The third kappa shape index (κ3) is 6.56. The molecule has 1 atom stereocenters. The Kier molecular flexibility index (Phi) is 7.62. The van der Waals surface area contributed by atoms with Gasteiger partial charge in [-0.25, -0.2) is 13.1 Å². The molecule has 0 aromatic heterocycles. The first-order valence-electron chi connectivity index (χ1n) is 9.83. The fourth-order valence-electron chi connectivity index (χ4n) is 3.08. The molecule has 3 N–H and O–H groups in total. The Balaban J connectivity index is 1.46. The highest BCUT2D eigenvalue weighted by Gasteiger charge is 2.21. The van der Waals surface area contributed by atoms with E-state index in [0.717, 1.165) is 31.5 Å². The highest BCUT2D eigenvalue weighted by molar-refractivity contribution is 7.89. The van der Waals surface area contributed by atoms with E-state index in [2.05, 4.69) is 15.4 Å². The van der Waals surface area contributed by atoms with Crippen LogP contribution in [0.1, 0.15) is 29.6 Å². The van der Waals surface area contributed by atoms with Crippen LogP contribution in [-0.4, -0.2) is 46.7 Å². The summed E-state index contributed by atoms with van der Waals surface area (Å²) in [5, 5.41) is 6.10. The molecule has 0 spiro atoms. The molecule has 1 amide bonds. The lowest BCUT2D eigenvalue weighted by Gasteiger charge is -2.12. The van der Waals surface area contributed by atoms with Gasteiger partial charge in [0.15, 0.2) is 0 Å². The molecule has 1 aliphatic heterocycles. The predicted octanol–water partition coefficient (Wildman–Crippen LogP) is 2.38. The van der Waals surface area contributed by atoms with Crippen molar-refractivity contribution < 1.29 is 17.9 Å². The quantitative estimate of drug-likeness (QED) is 0.516. The largest absolute Gasteiger partial charge is 0.385 e. The highest BCUT2D eigenvalue weighted by Crippen LogP contribution is 2.14. The van der Waals surface area contributed by atoms with E-state index >= 15 is 0 Å². The van der Waals surface area contributed by atoms with Gasteiger partial charge in [-0.05, 0) is 49.6 Å².